The van der Waals surface area contributed by atoms with E-state index in [1.165, 1.54) is 19.2 Å². The molecule has 8 nitrogen and oxygen atoms in total. The van der Waals surface area contributed by atoms with Crippen molar-refractivity contribution in [1.82, 2.24) is 0 Å². The summed E-state index contributed by atoms with van der Waals surface area (Å²) in [5.74, 6) is -0.677. The molecule has 0 unspecified atom stereocenters. The number of anilines is 3. The van der Waals surface area contributed by atoms with E-state index in [0.717, 1.165) is 6.07 Å². The smallest absolute Gasteiger partial charge is 1.00 e. The van der Waals surface area contributed by atoms with Crippen LogP contribution in [0, 0.1) is 0 Å². The third-order valence-electron chi connectivity index (χ3n) is 4.85. The molecule has 1 aliphatic rings. The molecule has 1 aliphatic carbocycles. The number of hydrogen-bond donors (Lipinski definition) is 3. The Hall–Kier alpha value is -2.69. The van der Waals surface area contributed by atoms with Gasteiger partial charge in [0.15, 0.2) is 11.6 Å². The Labute approximate surface area is 201 Å². The SMILES string of the molecule is COc1ccccc1Nc1cc(S(=O)(=O)O)c(N)c2c1C(=O)c1ccccc1C2=O.[H-].[Na+]. The monoisotopic (exact) mass is 448 g/mol. The Kier molecular flexibility index (Phi) is 6.26. The van der Waals surface area contributed by atoms with Crippen molar-refractivity contribution in [2.24, 2.45) is 0 Å². The van der Waals surface area contributed by atoms with Crippen LogP contribution in [0.25, 0.3) is 0 Å². The molecule has 0 spiro atoms. The van der Waals surface area contributed by atoms with Crippen molar-refractivity contribution in [3.05, 3.63) is 76.9 Å². The van der Waals surface area contributed by atoms with Gasteiger partial charge in [0.25, 0.3) is 10.1 Å². The van der Waals surface area contributed by atoms with Crippen LogP contribution in [-0.4, -0.2) is 31.6 Å². The van der Waals surface area contributed by atoms with E-state index in [1.54, 1.807) is 36.4 Å². The summed E-state index contributed by atoms with van der Waals surface area (Å²) in [6.07, 6.45) is 0. The molecular formula is C21H17N2NaO6S. The number of nitrogens with one attached hydrogen (secondary N) is 1. The van der Waals surface area contributed by atoms with E-state index in [0.29, 0.717) is 11.4 Å². The second-order valence-electron chi connectivity index (χ2n) is 6.59. The number of nitrogen functional groups attached to an aromatic ring is 1. The van der Waals surface area contributed by atoms with Crippen molar-refractivity contribution in [3.63, 3.8) is 0 Å². The van der Waals surface area contributed by atoms with Crippen molar-refractivity contribution in [1.29, 1.82) is 0 Å². The summed E-state index contributed by atoms with van der Waals surface area (Å²) in [5.41, 5.74) is 5.84. The number of fused-ring (bicyclic) bond motifs is 2. The fourth-order valence-electron chi connectivity index (χ4n) is 3.50. The van der Waals surface area contributed by atoms with Crippen LogP contribution in [-0.2, 0) is 10.1 Å². The van der Waals surface area contributed by atoms with Crippen LogP contribution >= 0.6 is 0 Å². The van der Waals surface area contributed by atoms with Crippen molar-refractivity contribution in [2.45, 2.75) is 4.90 Å². The first kappa shape index (κ1) is 23.0. The molecule has 0 atom stereocenters. The minimum atomic E-state index is -4.78. The van der Waals surface area contributed by atoms with Gasteiger partial charge < -0.3 is 17.2 Å². The number of carbonyl (C=O) groups is 2. The number of benzene rings is 3. The van der Waals surface area contributed by atoms with E-state index in [1.807, 2.05) is 0 Å². The van der Waals surface area contributed by atoms with Crippen LogP contribution in [0.5, 0.6) is 5.75 Å². The Balaban J connectivity index is 0.00000181. The van der Waals surface area contributed by atoms with Crippen LogP contribution in [0.3, 0.4) is 0 Å². The minimum absolute atomic E-state index is 0. The maximum Gasteiger partial charge on any atom is 1.00 e. The largest absolute Gasteiger partial charge is 1.00 e. The molecule has 0 radical (unpaired) electrons. The number of rotatable bonds is 4. The standard InChI is InChI=1S/C21H16N2O6S.Na.H/c1-29-15-9-5-4-8-13(15)23-14-10-16(30(26,27)28)19(22)18-17(14)20(24)11-6-2-3-7-12(11)21(18)25;;/h2-10,23H,22H2,1H3,(H,26,27,28);;/q;+1;-1. The summed E-state index contributed by atoms with van der Waals surface area (Å²) in [6, 6.07) is 14.0. The number of ketones is 2. The van der Waals surface area contributed by atoms with Crippen molar-refractivity contribution in [3.8, 4) is 5.75 Å². The van der Waals surface area contributed by atoms with Gasteiger partial charge in [0.1, 0.15) is 10.6 Å². The zero-order valence-electron chi connectivity index (χ0n) is 17.7. The molecule has 0 saturated carbocycles. The van der Waals surface area contributed by atoms with E-state index in [4.69, 9.17) is 10.5 Å². The minimum Gasteiger partial charge on any atom is -1.00 e. The molecular weight excluding hydrogens is 431 g/mol. The number of hydrogen-bond acceptors (Lipinski definition) is 7. The first-order valence-corrected chi connectivity index (χ1v) is 10.2. The average Bonchev–Trinajstić information content (AvgIpc) is 2.72. The van der Waals surface area contributed by atoms with E-state index in [9.17, 15) is 22.6 Å². The molecule has 0 aliphatic heterocycles. The van der Waals surface area contributed by atoms with E-state index in [2.05, 4.69) is 5.32 Å². The number of ether oxygens (including phenoxy) is 1. The zero-order valence-corrected chi connectivity index (χ0v) is 19.5. The quantitative estimate of drug-likeness (QED) is 0.228. The summed E-state index contributed by atoms with van der Waals surface area (Å²) in [5, 5.41) is 2.94. The van der Waals surface area contributed by atoms with E-state index >= 15 is 0 Å². The number of methoxy groups -OCH3 is 1. The average molecular weight is 448 g/mol. The van der Waals surface area contributed by atoms with Crippen LogP contribution in [0.1, 0.15) is 33.3 Å². The van der Waals surface area contributed by atoms with Crippen LogP contribution in [0.15, 0.2) is 59.5 Å². The van der Waals surface area contributed by atoms with Gasteiger partial charge in [-0.25, -0.2) is 0 Å². The Morgan fingerprint density at radius 2 is 1.48 bits per heavy atom. The Morgan fingerprint density at radius 1 is 0.935 bits per heavy atom. The third kappa shape index (κ3) is 3.86. The molecule has 4 rings (SSSR count). The van der Waals surface area contributed by atoms with Gasteiger partial charge in [0, 0.05) is 11.1 Å². The molecule has 0 amide bonds. The van der Waals surface area contributed by atoms with E-state index < -0.39 is 32.3 Å². The fraction of sp³-hybridized carbons (Fsp3) is 0.0476. The predicted octanol–water partition coefficient (Wildman–Crippen LogP) is 0.160. The summed E-state index contributed by atoms with van der Waals surface area (Å²) >= 11 is 0. The van der Waals surface area contributed by atoms with Gasteiger partial charge in [-0.2, -0.15) is 8.42 Å². The number of para-hydroxylation sites is 2. The van der Waals surface area contributed by atoms with Crippen LogP contribution < -0.4 is 45.3 Å². The summed E-state index contributed by atoms with van der Waals surface area (Å²) < 4.78 is 38.8. The van der Waals surface area contributed by atoms with Gasteiger partial charge in [-0.1, -0.05) is 36.4 Å². The molecule has 0 bridgehead atoms. The summed E-state index contributed by atoms with van der Waals surface area (Å²) in [7, 11) is -3.32. The van der Waals surface area contributed by atoms with Gasteiger partial charge in [0.05, 0.1) is 35.3 Å². The third-order valence-corrected chi connectivity index (χ3v) is 5.75. The molecule has 4 N–H and O–H groups in total. The van der Waals surface area contributed by atoms with E-state index in [-0.39, 0.29) is 58.9 Å². The van der Waals surface area contributed by atoms with Gasteiger partial charge in [0.2, 0.25) is 0 Å². The van der Waals surface area contributed by atoms with Crippen LogP contribution in [0.4, 0.5) is 17.1 Å². The maximum atomic E-state index is 13.2. The maximum absolute atomic E-state index is 13.2. The van der Waals surface area contributed by atoms with Crippen molar-refractivity contribution in [2.75, 3.05) is 18.2 Å². The van der Waals surface area contributed by atoms with Crippen molar-refractivity contribution < 1.29 is 58.3 Å². The molecule has 0 heterocycles. The Morgan fingerprint density at radius 3 is 2.06 bits per heavy atom. The molecule has 10 heteroatoms. The fourth-order valence-corrected chi connectivity index (χ4v) is 4.15. The second-order valence-corrected chi connectivity index (χ2v) is 7.98. The molecule has 3 aromatic carbocycles. The molecule has 31 heavy (non-hydrogen) atoms. The second kappa shape index (κ2) is 8.45. The number of nitrogens with two attached hydrogens (primary N) is 1. The first-order valence-electron chi connectivity index (χ1n) is 8.76. The van der Waals surface area contributed by atoms with Crippen molar-refractivity contribution >= 4 is 38.7 Å². The topological polar surface area (TPSA) is 136 Å². The van der Waals surface area contributed by atoms with Crippen LogP contribution in [0.2, 0.25) is 0 Å². The zero-order chi connectivity index (χ0) is 21.6. The predicted molar refractivity (Wildman–Crippen MR) is 111 cm³/mol. The summed E-state index contributed by atoms with van der Waals surface area (Å²) in [4.78, 5) is 25.7. The first-order chi connectivity index (χ1) is 14.2. The van der Waals surface area contributed by atoms with Gasteiger partial charge in [-0.05, 0) is 18.2 Å². The molecule has 3 aromatic rings. The van der Waals surface area contributed by atoms with Gasteiger partial charge >= 0.3 is 29.6 Å². The summed E-state index contributed by atoms with van der Waals surface area (Å²) in [6.45, 7) is 0. The molecule has 154 valence electrons. The molecule has 0 saturated heterocycles. The molecule has 0 aromatic heterocycles. The van der Waals surface area contributed by atoms with Gasteiger partial charge in [-0.3, -0.25) is 14.1 Å². The number of carbonyl (C=O) groups excluding carboxylic acids is 2. The Bertz CT molecular complexity index is 1340. The molecule has 0 fully saturated rings. The normalized spacial score (nSPS) is 12.5. The van der Waals surface area contributed by atoms with Gasteiger partial charge in [-0.15, -0.1) is 0 Å².